The Labute approximate surface area is 141 Å². The highest BCUT2D eigenvalue weighted by Gasteiger charge is 2.16. The average Bonchev–Trinajstić information content (AvgIpc) is 2.53. The first kappa shape index (κ1) is 17.8. The molecule has 2 aromatic rings. The number of carboxylic acid groups (broad SMARTS) is 1. The Morgan fingerprint density at radius 1 is 1.21 bits per heavy atom. The number of hydrogen-bond acceptors (Lipinski definition) is 4. The summed E-state index contributed by atoms with van der Waals surface area (Å²) in [6, 6.07) is 10.2. The summed E-state index contributed by atoms with van der Waals surface area (Å²) in [6.45, 7) is 4.32. The Morgan fingerprint density at radius 3 is 2.58 bits per heavy atom. The van der Waals surface area contributed by atoms with Crippen LogP contribution in [0.25, 0.3) is 0 Å². The highest BCUT2D eigenvalue weighted by atomic mass is 32.2. The summed E-state index contributed by atoms with van der Waals surface area (Å²) in [4.78, 5) is 11.1. The van der Waals surface area contributed by atoms with Crippen molar-refractivity contribution in [3.8, 4) is 5.75 Å². The topological polar surface area (TPSA) is 92.7 Å². The molecule has 0 aliphatic heterocycles. The molecule has 0 fully saturated rings. The Hall–Kier alpha value is -2.54. The fourth-order valence-corrected chi connectivity index (χ4v) is 3.23. The molecule has 0 aliphatic rings. The van der Waals surface area contributed by atoms with Crippen molar-refractivity contribution in [2.75, 3.05) is 11.3 Å². The first-order chi connectivity index (χ1) is 11.3. The lowest BCUT2D eigenvalue weighted by molar-refractivity contribution is 0.0697. The molecule has 0 aliphatic carbocycles. The molecular weight excluding hydrogens is 330 g/mol. The first-order valence-corrected chi connectivity index (χ1v) is 8.91. The van der Waals surface area contributed by atoms with Gasteiger partial charge in [0, 0.05) is 5.69 Å². The van der Waals surface area contributed by atoms with E-state index in [9.17, 15) is 13.2 Å². The fraction of sp³-hybridized carbons (Fsp3) is 0.235. The molecule has 2 N–H and O–H groups in total. The third kappa shape index (κ3) is 4.26. The number of carboxylic acids is 1. The molecule has 128 valence electrons. The van der Waals surface area contributed by atoms with Crippen LogP contribution >= 0.6 is 0 Å². The number of rotatable bonds is 7. The molecule has 0 amide bonds. The molecule has 0 aromatic heterocycles. The number of hydrogen-bond donors (Lipinski definition) is 2. The van der Waals surface area contributed by atoms with Crippen molar-refractivity contribution in [1.82, 2.24) is 0 Å². The number of aryl methyl sites for hydroxylation is 1. The summed E-state index contributed by atoms with van der Waals surface area (Å²) in [5.74, 6) is -0.479. The number of nitrogens with one attached hydrogen (secondary N) is 1. The predicted octanol–water partition coefficient (Wildman–Crippen LogP) is 3.28. The highest BCUT2D eigenvalue weighted by molar-refractivity contribution is 7.92. The van der Waals surface area contributed by atoms with Gasteiger partial charge < -0.3 is 9.84 Å². The van der Waals surface area contributed by atoms with Crippen molar-refractivity contribution >= 4 is 21.7 Å². The summed E-state index contributed by atoms with van der Waals surface area (Å²) in [5.41, 5.74) is 0.916. The number of carbonyl (C=O) groups is 1. The van der Waals surface area contributed by atoms with Crippen LogP contribution in [0.3, 0.4) is 0 Å². The molecule has 0 unspecified atom stereocenters. The molecule has 0 bridgehead atoms. The number of aromatic carboxylic acids is 1. The van der Waals surface area contributed by atoms with Crippen LogP contribution in [0.4, 0.5) is 5.69 Å². The van der Waals surface area contributed by atoms with Gasteiger partial charge in [0.2, 0.25) is 0 Å². The van der Waals surface area contributed by atoms with E-state index in [0.29, 0.717) is 17.9 Å². The molecule has 7 heteroatoms. The Morgan fingerprint density at radius 2 is 1.96 bits per heavy atom. The minimum absolute atomic E-state index is 0.00898. The number of benzene rings is 2. The van der Waals surface area contributed by atoms with Gasteiger partial charge in [0.15, 0.2) is 0 Å². The van der Waals surface area contributed by atoms with Crippen LogP contribution in [0.5, 0.6) is 5.75 Å². The molecule has 24 heavy (non-hydrogen) atoms. The van der Waals surface area contributed by atoms with Crippen molar-refractivity contribution in [3.63, 3.8) is 0 Å². The van der Waals surface area contributed by atoms with Gasteiger partial charge in [-0.25, -0.2) is 13.2 Å². The second kappa shape index (κ2) is 7.35. The van der Waals surface area contributed by atoms with Crippen molar-refractivity contribution < 1.29 is 23.1 Å². The highest BCUT2D eigenvalue weighted by Crippen LogP contribution is 2.24. The number of anilines is 1. The summed E-state index contributed by atoms with van der Waals surface area (Å²) >= 11 is 0. The van der Waals surface area contributed by atoms with Gasteiger partial charge in [-0.05, 0) is 55.3 Å². The first-order valence-electron chi connectivity index (χ1n) is 7.43. The Balaban J connectivity index is 2.26. The van der Waals surface area contributed by atoms with Crippen molar-refractivity contribution in [3.05, 3.63) is 53.6 Å². The maximum atomic E-state index is 12.5. The third-order valence-corrected chi connectivity index (χ3v) is 4.66. The number of ether oxygens (including phenoxy) is 1. The molecule has 0 spiro atoms. The van der Waals surface area contributed by atoms with E-state index in [4.69, 9.17) is 9.84 Å². The second-order valence-corrected chi connectivity index (χ2v) is 6.95. The average molecular weight is 349 g/mol. The zero-order chi connectivity index (χ0) is 17.7. The standard InChI is InChI=1S/C17H19NO5S/c1-3-9-23-16-8-7-15(10-12(16)2)24(21,22)18-14-6-4-5-13(11-14)17(19)20/h4-8,10-11,18H,3,9H2,1-2H3,(H,19,20). The van der Waals surface area contributed by atoms with E-state index in [1.807, 2.05) is 6.92 Å². The summed E-state index contributed by atoms with van der Waals surface area (Å²) < 4.78 is 32.8. The van der Waals surface area contributed by atoms with E-state index < -0.39 is 16.0 Å². The minimum atomic E-state index is -3.81. The Bertz CT molecular complexity index is 846. The van der Waals surface area contributed by atoms with Crippen LogP contribution in [0, 0.1) is 6.92 Å². The van der Waals surface area contributed by atoms with E-state index >= 15 is 0 Å². The van der Waals surface area contributed by atoms with E-state index in [-0.39, 0.29) is 16.1 Å². The molecule has 6 nitrogen and oxygen atoms in total. The van der Waals surface area contributed by atoms with Crippen LogP contribution in [-0.4, -0.2) is 26.1 Å². The van der Waals surface area contributed by atoms with Crippen molar-refractivity contribution in [2.24, 2.45) is 0 Å². The quantitative estimate of drug-likeness (QED) is 0.800. The fourth-order valence-electron chi connectivity index (χ4n) is 2.09. The number of sulfonamides is 1. The molecule has 2 rings (SSSR count). The second-order valence-electron chi connectivity index (χ2n) is 5.27. The van der Waals surface area contributed by atoms with E-state index in [1.165, 1.54) is 36.4 Å². The zero-order valence-electron chi connectivity index (χ0n) is 13.4. The molecule has 0 saturated carbocycles. The monoisotopic (exact) mass is 349 g/mol. The van der Waals surface area contributed by atoms with Gasteiger partial charge in [0.05, 0.1) is 17.1 Å². The maximum absolute atomic E-state index is 12.5. The lowest BCUT2D eigenvalue weighted by Gasteiger charge is -2.12. The summed E-state index contributed by atoms with van der Waals surface area (Å²) in [5, 5.41) is 8.97. The van der Waals surface area contributed by atoms with Crippen molar-refractivity contribution in [2.45, 2.75) is 25.2 Å². The van der Waals surface area contributed by atoms with Crippen LogP contribution in [0.1, 0.15) is 29.3 Å². The third-order valence-electron chi connectivity index (χ3n) is 3.28. The smallest absolute Gasteiger partial charge is 0.335 e. The molecular formula is C17H19NO5S. The van der Waals surface area contributed by atoms with Crippen LogP contribution in [0.15, 0.2) is 47.4 Å². The molecule has 0 radical (unpaired) electrons. The predicted molar refractivity (Wildman–Crippen MR) is 91.2 cm³/mol. The summed E-state index contributed by atoms with van der Waals surface area (Å²) in [6.07, 6.45) is 0.862. The molecule has 0 saturated heterocycles. The zero-order valence-corrected chi connectivity index (χ0v) is 14.3. The van der Waals surface area contributed by atoms with Gasteiger partial charge in [0.1, 0.15) is 5.75 Å². The summed E-state index contributed by atoms with van der Waals surface area (Å²) in [7, 11) is -3.81. The van der Waals surface area contributed by atoms with E-state index in [1.54, 1.807) is 13.0 Å². The molecule has 0 atom stereocenters. The lowest BCUT2D eigenvalue weighted by atomic mass is 10.2. The van der Waals surface area contributed by atoms with Gasteiger partial charge >= 0.3 is 5.97 Å². The molecule has 2 aromatic carbocycles. The van der Waals surface area contributed by atoms with E-state index in [2.05, 4.69) is 4.72 Å². The largest absolute Gasteiger partial charge is 0.493 e. The maximum Gasteiger partial charge on any atom is 0.335 e. The van der Waals surface area contributed by atoms with Gasteiger partial charge in [-0.1, -0.05) is 13.0 Å². The van der Waals surface area contributed by atoms with Crippen LogP contribution < -0.4 is 9.46 Å². The van der Waals surface area contributed by atoms with Crippen molar-refractivity contribution in [1.29, 1.82) is 0 Å². The van der Waals surface area contributed by atoms with Gasteiger partial charge in [0.25, 0.3) is 10.0 Å². The normalized spacial score (nSPS) is 11.1. The van der Waals surface area contributed by atoms with Gasteiger partial charge in [-0.15, -0.1) is 0 Å². The van der Waals surface area contributed by atoms with Gasteiger partial charge in [-0.2, -0.15) is 0 Å². The van der Waals surface area contributed by atoms with Crippen LogP contribution in [0.2, 0.25) is 0 Å². The minimum Gasteiger partial charge on any atom is -0.493 e. The van der Waals surface area contributed by atoms with E-state index in [0.717, 1.165) is 6.42 Å². The SMILES string of the molecule is CCCOc1ccc(S(=O)(=O)Nc2cccc(C(=O)O)c2)cc1C. The van der Waals surface area contributed by atoms with Crippen LogP contribution in [-0.2, 0) is 10.0 Å². The Kier molecular flexibility index (Phi) is 5.46. The van der Waals surface area contributed by atoms with Gasteiger partial charge in [-0.3, -0.25) is 4.72 Å². The molecule has 0 heterocycles. The lowest BCUT2D eigenvalue weighted by Crippen LogP contribution is -2.13.